The zero-order chi connectivity index (χ0) is 35.1. The molecule has 3 fully saturated rings. The Kier molecular flexibility index (Phi) is 8.54. The third-order valence-corrected chi connectivity index (χ3v) is 10.5. The van der Waals surface area contributed by atoms with Crippen LogP contribution in [-0.2, 0) is 9.59 Å². The lowest BCUT2D eigenvalue weighted by Gasteiger charge is -2.34. The zero-order valence-electron chi connectivity index (χ0n) is 27.8. The van der Waals surface area contributed by atoms with E-state index in [9.17, 15) is 24.0 Å². The number of piperidine rings is 2. The second kappa shape index (κ2) is 13.5. The largest absolute Gasteiger partial charge is 0.474 e. The molecule has 5 amide bonds. The molecule has 5 heterocycles. The van der Waals surface area contributed by atoms with Crippen molar-refractivity contribution in [3.05, 3.63) is 101 Å². The number of aromatic nitrogens is 3. The van der Waals surface area contributed by atoms with Crippen LogP contribution >= 0.6 is 0 Å². The molecule has 13 heteroatoms. The molecule has 1 saturated carbocycles. The number of benzene rings is 2. The Bertz CT molecular complexity index is 2000. The molecule has 3 N–H and O–H groups in total. The second-order valence-corrected chi connectivity index (χ2v) is 13.6. The Labute approximate surface area is 293 Å². The summed E-state index contributed by atoms with van der Waals surface area (Å²) in [5, 5.41) is 12.6. The standard InChI is InChI=1S/C38H37N7O6/c46-33-13-12-31(36(48)41-33)45-37(49)28-11-9-26(20-29(28)38(45)50)44-17-14-23(15-18-44)22-4-6-24(7-5-22)35(47)40-32-21-30(42-43-32)25-8-10-27(19-25)51-34-3-1-2-16-39-34/h1-7,9,11,16,20-21,23,25,27,31H,8,10,12-15,17-19H2,(H,41,46,48)(H2,40,42,43,47)/t25-,27+,31?/m0/s1. The minimum Gasteiger partial charge on any atom is -0.474 e. The van der Waals surface area contributed by atoms with E-state index in [-0.39, 0.29) is 41.9 Å². The molecule has 0 spiro atoms. The minimum atomic E-state index is -0.986. The molecule has 3 aliphatic heterocycles. The second-order valence-electron chi connectivity index (χ2n) is 13.6. The number of anilines is 2. The molecule has 0 radical (unpaired) electrons. The molecule has 0 bridgehead atoms. The number of nitrogens with zero attached hydrogens (tertiary/aromatic N) is 4. The van der Waals surface area contributed by atoms with E-state index in [2.05, 4.69) is 30.7 Å². The molecule has 1 unspecified atom stereocenters. The molecule has 3 atom stereocenters. The summed E-state index contributed by atoms with van der Waals surface area (Å²) in [6.07, 6.45) is 6.52. The van der Waals surface area contributed by atoms with Crippen molar-refractivity contribution in [1.29, 1.82) is 0 Å². The molecule has 260 valence electrons. The van der Waals surface area contributed by atoms with Gasteiger partial charge in [-0.25, -0.2) is 4.98 Å². The molecule has 4 aliphatic rings. The van der Waals surface area contributed by atoms with Gasteiger partial charge >= 0.3 is 0 Å². The monoisotopic (exact) mass is 687 g/mol. The van der Waals surface area contributed by atoms with Gasteiger partial charge in [0, 0.05) is 60.7 Å². The van der Waals surface area contributed by atoms with E-state index in [4.69, 9.17) is 4.74 Å². The fraction of sp³-hybridized carbons (Fsp3) is 0.342. The van der Waals surface area contributed by atoms with Crippen molar-refractivity contribution in [2.24, 2.45) is 0 Å². The normalized spacial score (nSPS) is 22.2. The summed E-state index contributed by atoms with van der Waals surface area (Å²) in [4.78, 5) is 70.9. The predicted molar refractivity (Wildman–Crippen MR) is 186 cm³/mol. The number of carbonyl (C=O) groups excluding carboxylic acids is 5. The van der Waals surface area contributed by atoms with Crippen molar-refractivity contribution in [1.82, 2.24) is 25.4 Å². The first kappa shape index (κ1) is 32.4. The average molecular weight is 688 g/mol. The Morgan fingerprint density at radius 1 is 0.843 bits per heavy atom. The van der Waals surface area contributed by atoms with E-state index < -0.39 is 29.7 Å². The Hall–Kier alpha value is -5.85. The predicted octanol–water partition coefficient (Wildman–Crippen LogP) is 4.56. The van der Waals surface area contributed by atoms with Crippen LogP contribution in [-0.4, -0.2) is 74.9 Å². The summed E-state index contributed by atoms with van der Waals surface area (Å²) in [5.41, 5.74) is 4.09. The number of H-pyrrole nitrogens is 1. The van der Waals surface area contributed by atoms with E-state index in [1.165, 1.54) is 0 Å². The van der Waals surface area contributed by atoms with Crippen molar-refractivity contribution in [2.75, 3.05) is 23.3 Å². The third kappa shape index (κ3) is 6.46. The topological polar surface area (TPSA) is 167 Å². The lowest BCUT2D eigenvalue weighted by Crippen LogP contribution is -2.54. The third-order valence-electron chi connectivity index (χ3n) is 10.5. The smallest absolute Gasteiger partial charge is 0.262 e. The number of amides is 5. The van der Waals surface area contributed by atoms with Gasteiger partial charge in [0.25, 0.3) is 17.7 Å². The summed E-state index contributed by atoms with van der Waals surface area (Å²) in [5.74, 6) is -0.559. The molecular formula is C38H37N7O6. The van der Waals surface area contributed by atoms with Gasteiger partial charge in [-0.05, 0) is 86.4 Å². The number of nitrogens with one attached hydrogen (secondary N) is 3. The van der Waals surface area contributed by atoms with Gasteiger partial charge in [-0.3, -0.25) is 39.3 Å². The minimum absolute atomic E-state index is 0.0816. The number of pyridine rings is 1. The van der Waals surface area contributed by atoms with Crippen LogP contribution in [0.1, 0.15) is 99.1 Å². The summed E-state index contributed by atoms with van der Waals surface area (Å²) >= 11 is 0. The maximum absolute atomic E-state index is 13.3. The molecular weight excluding hydrogens is 650 g/mol. The highest BCUT2D eigenvalue weighted by Gasteiger charge is 2.45. The highest BCUT2D eigenvalue weighted by atomic mass is 16.5. The number of fused-ring (bicyclic) bond motifs is 1. The van der Waals surface area contributed by atoms with Gasteiger partial charge in [0.1, 0.15) is 12.1 Å². The van der Waals surface area contributed by atoms with Crippen LogP contribution in [0, 0.1) is 0 Å². The van der Waals surface area contributed by atoms with E-state index in [0.29, 0.717) is 23.2 Å². The molecule has 4 aromatic rings. The maximum atomic E-state index is 13.3. The van der Waals surface area contributed by atoms with Gasteiger partial charge in [0.05, 0.1) is 11.1 Å². The fourth-order valence-corrected chi connectivity index (χ4v) is 7.75. The van der Waals surface area contributed by atoms with Gasteiger partial charge in [0.15, 0.2) is 5.82 Å². The van der Waals surface area contributed by atoms with Crippen molar-refractivity contribution in [3.63, 3.8) is 0 Å². The molecule has 13 nitrogen and oxygen atoms in total. The van der Waals surface area contributed by atoms with Crippen LogP contribution in [0.25, 0.3) is 0 Å². The summed E-state index contributed by atoms with van der Waals surface area (Å²) in [7, 11) is 0. The van der Waals surface area contributed by atoms with Crippen molar-refractivity contribution in [2.45, 2.75) is 68.9 Å². The molecule has 1 aliphatic carbocycles. The molecule has 2 aromatic carbocycles. The first-order chi connectivity index (χ1) is 24.8. The van der Waals surface area contributed by atoms with Crippen LogP contribution in [0.4, 0.5) is 11.5 Å². The van der Waals surface area contributed by atoms with Gasteiger partial charge in [-0.2, -0.15) is 5.10 Å². The first-order valence-electron chi connectivity index (χ1n) is 17.5. The molecule has 51 heavy (non-hydrogen) atoms. The maximum Gasteiger partial charge on any atom is 0.262 e. The lowest BCUT2D eigenvalue weighted by molar-refractivity contribution is -0.136. The molecule has 2 saturated heterocycles. The highest BCUT2D eigenvalue weighted by Crippen LogP contribution is 2.37. The van der Waals surface area contributed by atoms with E-state index >= 15 is 0 Å². The van der Waals surface area contributed by atoms with Crippen LogP contribution < -0.4 is 20.3 Å². The van der Waals surface area contributed by atoms with Gasteiger partial charge in [-0.1, -0.05) is 18.2 Å². The van der Waals surface area contributed by atoms with Gasteiger partial charge < -0.3 is 15.0 Å². The number of aromatic amines is 1. The number of ether oxygens (including phenoxy) is 1. The van der Waals surface area contributed by atoms with Crippen LogP contribution in [0.15, 0.2) is 72.9 Å². The summed E-state index contributed by atoms with van der Waals surface area (Å²) < 4.78 is 6.02. The van der Waals surface area contributed by atoms with Crippen LogP contribution in [0.2, 0.25) is 0 Å². The molecule has 8 rings (SSSR count). The van der Waals surface area contributed by atoms with E-state index in [1.807, 2.05) is 54.6 Å². The summed E-state index contributed by atoms with van der Waals surface area (Å²) in [6.45, 7) is 1.51. The van der Waals surface area contributed by atoms with Crippen LogP contribution in [0.3, 0.4) is 0 Å². The Balaban J connectivity index is 0.838. The van der Waals surface area contributed by atoms with E-state index in [0.717, 1.165) is 67.0 Å². The first-order valence-corrected chi connectivity index (χ1v) is 17.5. The fourth-order valence-electron chi connectivity index (χ4n) is 7.75. The van der Waals surface area contributed by atoms with Crippen molar-refractivity contribution in [3.8, 4) is 5.88 Å². The number of carbonyl (C=O) groups is 5. The van der Waals surface area contributed by atoms with Crippen LogP contribution in [0.5, 0.6) is 5.88 Å². The SMILES string of the molecule is O=C1CCC(N2C(=O)c3ccc(N4CCC(c5ccc(C(=O)Nc6cc([C@H]7CC[C@@H](Oc8ccccn8)C7)[nH]n6)cc5)CC4)cc3C2=O)C(=O)N1. The van der Waals surface area contributed by atoms with Gasteiger partial charge in [-0.15, -0.1) is 0 Å². The Morgan fingerprint density at radius 3 is 2.41 bits per heavy atom. The number of imide groups is 2. The van der Waals surface area contributed by atoms with Crippen molar-refractivity contribution < 1.29 is 28.7 Å². The van der Waals surface area contributed by atoms with Crippen molar-refractivity contribution >= 4 is 41.0 Å². The molecule has 2 aromatic heterocycles. The highest BCUT2D eigenvalue weighted by molar-refractivity contribution is 6.23. The average Bonchev–Trinajstić information content (AvgIpc) is 3.87. The number of rotatable bonds is 8. The Morgan fingerprint density at radius 2 is 1.65 bits per heavy atom. The summed E-state index contributed by atoms with van der Waals surface area (Å²) in [6, 6.07) is 19.5. The van der Waals surface area contributed by atoms with Gasteiger partial charge in [0.2, 0.25) is 17.7 Å². The lowest BCUT2D eigenvalue weighted by atomic mass is 9.88. The number of hydrogen-bond acceptors (Lipinski definition) is 9. The number of hydrogen-bond donors (Lipinski definition) is 3. The van der Waals surface area contributed by atoms with E-state index in [1.54, 1.807) is 18.3 Å². The quantitative estimate of drug-likeness (QED) is 0.225. The zero-order valence-corrected chi connectivity index (χ0v) is 27.8.